The van der Waals surface area contributed by atoms with E-state index in [0.717, 1.165) is 40.2 Å². The summed E-state index contributed by atoms with van der Waals surface area (Å²) < 4.78 is 40.2. The maximum absolute atomic E-state index is 12.9. The van der Waals surface area contributed by atoms with Crippen LogP contribution in [0.1, 0.15) is 5.56 Å². The molecule has 0 amide bonds. The van der Waals surface area contributed by atoms with Gasteiger partial charge in [-0.25, -0.2) is 9.97 Å². The molecule has 0 aliphatic heterocycles. The lowest BCUT2D eigenvalue weighted by Gasteiger charge is -2.05. The Morgan fingerprint density at radius 3 is 2.46 bits per heavy atom. The van der Waals surface area contributed by atoms with Crippen LogP contribution in [0.2, 0.25) is 0 Å². The number of para-hydroxylation sites is 2. The van der Waals surface area contributed by atoms with Crippen molar-refractivity contribution in [3.05, 3.63) is 78.6 Å². The zero-order valence-electron chi connectivity index (χ0n) is 14.4. The van der Waals surface area contributed by atoms with Crippen LogP contribution < -0.4 is 0 Å². The smallest absolute Gasteiger partial charge is 0.338 e. The van der Waals surface area contributed by atoms with Crippen molar-refractivity contribution in [2.45, 2.75) is 6.18 Å². The predicted octanol–water partition coefficient (Wildman–Crippen LogP) is 5.56. The van der Waals surface area contributed by atoms with E-state index in [0.29, 0.717) is 11.3 Å². The quantitative estimate of drug-likeness (QED) is 0.437. The minimum absolute atomic E-state index is 0.456. The molecule has 2 aromatic carbocycles. The topological polar surface area (TPSA) is 46.0 Å². The first kappa shape index (κ1) is 16.6. The fraction of sp³-hybridized carbons (Fsp3) is 0.0476. The summed E-state index contributed by atoms with van der Waals surface area (Å²) in [7, 11) is 0. The van der Waals surface area contributed by atoms with Crippen molar-refractivity contribution in [2.24, 2.45) is 0 Å². The first-order valence-corrected chi connectivity index (χ1v) is 8.59. The van der Waals surface area contributed by atoms with E-state index >= 15 is 0 Å². The largest absolute Gasteiger partial charge is 0.417 e. The summed E-state index contributed by atoms with van der Waals surface area (Å²) in [5.41, 5.74) is 3.83. The van der Waals surface area contributed by atoms with Gasteiger partial charge in [0.2, 0.25) is 0 Å². The van der Waals surface area contributed by atoms with Gasteiger partial charge in [0.15, 0.2) is 0 Å². The van der Waals surface area contributed by atoms with Crippen LogP contribution in [0.5, 0.6) is 0 Å². The van der Waals surface area contributed by atoms with E-state index in [1.165, 1.54) is 10.5 Å². The highest BCUT2D eigenvalue weighted by molar-refractivity contribution is 5.80. The summed E-state index contributed by atoms with van der Waals surface area (Å²) in [5, 5.41) is 0. The molecule has 4 nitrogen and oxygen atoms in total. The van der Waals surface area contributed by atoms with Crippen molar-refractivity contribution < 1.29 is 13.2 Å². The average Bonchev–Trinajstić information content (AvgIpc) is 3.31. The Kier molecular flexibility index (Phi) is 3.52. The van der Waals surface area contributed by atoms with E-state index in [4.69, 9.17) is 0 Å². The van der Waals surface area contributed by atoms with Crippen LogP contribution in [-0.2, 0) is 6.18 Å². The van der Waals surface area contributed by atoms with Gasteiger partial charge in [0.25, 0.3) is 0 Å². The number of pyridine rings is 1. The molecule has 0 fully saturated rings. The van der Waals surface area contributed by atoms with Gasteiger partial charge >= 0.3 is 6.18 Å². The number of benzene rings is 2. The van der Waals surface area contributed by atoms with Crippen LogP contribution in [0.4, 0.5) is 13.2 Å². The van der Waals surface area contributed by atoms with Crippen molar-refractivity contribution >= 4 is 16.7 Å². The lowest BCUT2D eigenvalue weighted by Crippen LogP contribution is -2.05. The maximum Gasteiger partial charge on any atom is 0.417 e. The average molecular weight is 378 g/mol. The van der Waals surface area contributed by atoms with Gasteiger partial charge in [0, 0.05) is 23.5 Å². The highest BCUT2D eigenvalue weighted by atomic mass is 19.4. The minimum atomic E-state index is -4.39. The molecule has 1 N–H and O–H groups in total. The summed E-state index contributed by atoms with van der Waals surface area (Å²) in [6.45, 7) is 0. The zero-order chi connectivity index (χ0) is 19.3. The maximum atomic E-state index is 12.9. The number of alkyl halides is 3. The van der Waals surface area contributed by atoms with Crippen LogP contribution >= 0.6 is 0 Å². The summed E-state index contributed by atoms with van der Waals surface area (Å²) >= 11 is 0. The molecule has 0 radical (unpaired) electrons. The van der Waals surface area contributed by atoms with Crippen molar-refractivity contribution in [1.29, 1.82) is 0 Å². The lowest BCUT2D eigenvalue weighted by atomic mass is 10.1. The SMILES string of the molecule is FC(F)(F)c1ccc2nc(-c3cccc(-c4nc5ccccc5[nH]4)c3)cn2c1. The molecule has 3 heterocycles. The molecule has 7 heteroatoms. The first-order valence-electron chi connectivity index (χ1n) is 8.59. The van der Waals surface area contributed by atoms with Gasteiger partial charge in [-0.3, -0.25) is 0 Å². The number of fused-ring (bicyclic) bond motifs is 2. The number of rotatable bonds is 2. The number of H-pyrrole nitrogens is 1. The Bertz CT molecular complexity index is 1280. The summed E-state index contributed by atoms with van der Waals surface area (Å²) in [6.07, 6.45) is -1.74. The van der Waals surface area contributed by atoms with Crippen LogP contribution in [0, 0.1) is 0 Å². The Morgan fingerprint density at radius 2 is 1.64 bits per heavy atom. The lowest BCUT2D eigenvalue weighted by molar-refractivity contribution is -0.137. The third-order valence-corrected chi connectivity index (χ3v) is 4.60. The molecule has 5 rings (SSSR count). The second-order valence-electron chi connectivity index (χ2n) is 6.49. The summed E-state index contributed by atoms with van der Waals surface area (Å²) in [6, 6.07) is 17.8. The number of aromatic nitrogens is 4. The van der Waals surface area contributed by atoms with Crippen LogP contribution in [0.25, 0.3) is 39.3 Å². The van der Waals surface area contributed by atoms with Crippen LogP contribution in [0.3, 0.4) is 0 Å². The van der Waals surface area contributed by atoms with E-state index in [2.05, 4.69) is 15.0 Å². The molecule has 0 atom stereocenters. The predicted molar refractivity (Wildman–Crippen MR) is 101 cm³/mol. The molecule has 0 aliphatic rings. The number of nitrogens with zero attached hydrogens (tertiary/aromatic N) is 3. The number of hydrogen-bond acceptors (Lipinski definition) is 2. The zero-order valence-corrected chi connectivity index (χ0v) is 14.4. The number of imidazole rings is 2. The normalized spacial score (nSPS) is 12.1. The third kappa shape index (κ3) is 2.81. The molecular weight excluding hydrogens is 365 g/mol. The van der Waals surface area contributed by atoms with Gasteiger partial charge in [-0.05, 0) is 30.3 Å². The van der Waals surface area contributed by atoms with Gasteiger partial charge in [-0.1, -0.05) is 30.3 Å². The van der Waals surface area contributed by atoms with Crippen LogP contribution in [-0.4, -0.2) is 19.4 Å². The molecule has 5 aromatic rings. The Morgan fingerprint density at radius 1 is 0.821 bits per heavy atom. The molecule has 28 heavy (non-hydrogen) atoms. The first-order chi connectivity index (χ1) is 13.5. The molecule has 0 saturated heterocycles. The number of hydrogen-bond donors (Lipinski definition) is 1. The molecule has 0 aliphatic carbocycles. The van der Waals surface area contributed by atoms with Gasteiger partial charge in [-0.15, -0.1) is 0 Å². The van der Waals surface area contributed by atoms with Gasteiger partial charge in [-0.2, -0.15) is 13.2 Å². The Balaban J connectivity index is 1.57. The monoisotopic (exact) mass is 378 g/mol. The minimum Gasteiger partial charge on any atom is -0.338 e. The van der Waals surface area contributed by atoms with E-state index in [1.807, 2.05) is 48.5 Å². The van der Waals surface area contributed by atoms with E-state index in [9.17, 15) is 13.2 Å². The standard InChI is InChI=1S/C21H13F3N4/c22-21(23,24)15-8-9-19-25-18(12-28(19)11-15)13-4-3-5-14(10-13)20-26-16-6-1-2-7-17(16)27-20/h1-12H,(H,26,27). The molecule has 0 spiro atoms. The van der Waals surface area contributed by atoms with Crippen molar-refractivity contribution in [3.63, 3.8) is 0 Å². The van der Waals surface area contributed by atoms with E-state index < -0.39 is 11.7 Å². The fourth-order valence-electron chi connectivity index (χ4n) is 3.21. The highest BCUT2D eigenvalue weighted by Crippen LogP contribution is 2.30. The Hall–Kier alpha value is -3.61. The van der Waals surface area contributed by atoms with Crippen LogP contribution in [0.15, 0.2) is 73.1 Å². The molecular formula is C21H13F3N4. The number of nitrogens with one attached hydrogen (secondary N) is 1. The van der Waals surface area contributed by atoms with Gasteiger partial charge in [0.05, 0.1) is 22.3 Å². The van der Waals surface area contributed by atoms with Gasteiger partial charge in [0.1, 0.15) is 11.5 Å². The summed E-state index contributed by atoms with van der Waals surface area (Å²) in [4.78, 5) is 12.3. The third-order valence-electron chi connectivity index (χ3n) is 4.60. The number of halogens is 3. The molecule has 3 aromatic heterocycles. The molecule has 0 bridgehead atoms. The summed E-state index contributed by atoms with van der Waals surface area (Å²) in [5.74, 6) is 0.728. The molecule has 138 valence electrons. The van der Waals surface area contributed by atoms with E-state index in [-0.39, 0.29) is 0 Å². The molecule has 0 saturated carbocycles. The Labute approximate surface area is 157 Å². The second kappa shape index (κ2) is 5.95. The fourth-order valence-corrected chi connectivity index (χ4v) is 3.21. The van der Waals surface area contributed by atoms with Crippen molar-refractivity contribution in [3.8, 4) is 22.6 Å². The molecule has 0 unspecified atom stereocenters. The van der Waals surface area contributed by atoms with E-state index in [1.54, 1.807) is 6.20 Å². The van der Waals surface area contributed by atoms with Crippen molar-refractivity contribution in [2.75, 3.05) is 0 Å². The van der Waals surface area contributed by atoms with Gasteiger partial charge < -0.3 is 9.38 Å². The highest BCUT2D eigenvalue weighted by Gasteiger charge is 2.30. The number of aromatic amines is 1. The second-order valence-corrected chi connectivity index (χ2v) is 6.49. The van der Waals surface area contributed by atoms with Crippen molar-refractivity contribution in [1.82, 2.24) is 19.4 Å².